The Balaban J connectivity index is 1.92. The molecule has 2 amide bonds. The van der Waals surface area contributed by atoms with Crippen molar-refractivity contribution in [3.63, 3.8) is 0 Å². The maximum atomic E-state index is 14.6. The molecule has 0 N–H and O–H groups in total. The Labute approximate surface area is 162 Å². The number of amides is 2. The van der Waals surface area contributed by atoms with E-state index in [0.29, 0.717) is 19.6 Å². The highest BCUT2D eigenvalue weighted by atomic mass is 19.1. The van der Waals surface area contributed by atoms with E-state index < -0.39 is 17.7 Å². The molecule has 3 rings (SSSR count). The van der Waals surface area contributed by atoms with Gasteiger partial charge in [-0.05, 0) is 25.1 Å². The average Bonchev–Trinajstić information content (AvgIpc) is 3.14. The number of carbonyl (C=O) groups is 2. The first-order chi connectivity index (χ1) is 13.5. The van der Waals surface area contributed by atoms with Crippen molar-refractivity contribution < 1.29 is 23.1 Å². The van der Waals surface area contributed by atoms with Gasteiger partial charge in [-0.1, -0.05) is 6.07 Å². The number of aromatic nitrogens is 1. The van der Waals surface area contributed by atoms with E-state index in [-0.39, 0.29) is 30.5 Å². The Kier molecular flexibility index (Phi) is 6.08. The number of nitrogens with zero attached hydrogens (tertiary/aromatic N) is 3. The van der Waals surface area contributed by atoms with Gasteiger partial charge in [-0.2, -0.15) is 0 Å². The highest BCUT2D eigenvalue weighted by Crippen LogP contribution is 2.34. The predicted molar refractivity (Wildman–Crippen MR) is 98.5 cm³/mol. The number of carbonyl (C=O) groups excluding carboxylic acids is 2. The summed E-state index contributed by atoms with van der Waals surface area (Å²) in [5.41, 5.74) is 0.969. The maximum absolute atomic E-state index is 14.6. The quantitative estimate of drug-likeness (QED) is 0.759. The van der Waals surface area contributed by atoms with Gasteiger partial charge in [0.15, 0.2) is 0 Å². The van der Waals surface area contributed by atoms with Crippen molar-refractivity contribution in [3.05, 3.63) is 59.4 Å². The maximum Gasteiger partial charge on any atom is 0.249 e. The molecule has 2 aromatic rings. The van der Waals surface area contributed by atoms with E-state index in [2.05, 4.69) is 0 Å². The smallest absolute Gasteiger partial charge is 0.249 e. The predicted octanol–water partition coefficient (Wildman–Crippen LogP) is 2.19. The lowest BCUT2D eigenvalue weighted by Gasteiger charge is -2.38. The molecular formula is C20H23F2N3O3. The molecule has 0 spiro atoms. The lowest BCUT2D eigenvalue weighted by Crippen LogP contribution is -2.48. The van der Waals surface area contributed by atoms with Gasteiger partial charge in [-0.3, -0.25) is 9.59 Å². The van der Waals surface area contributed by atoms with Crippen LogP contribution in [0.3, 0.4) is 0 Å². The SMILES string of the molecule is CCN(CC(=O)N1CCn2cccc2C1c1ccc(F)cc1F)C(=O)COC. The molecular weight excluding hydrogens is 368 g/mol. The van der Waals surface area contributed by atoms with Crippen molar-refractivity contribution in [1.82, 2.24) is 14.4 Å². The Morgan fingerprint density at radius 2 is 2.04 bits per heavy atom. The zero-order valence-electron chi connectivity index (χ0n) is 15.9. The second kappa shape index (κ2) is 8.52. The first-order valence-corrected chi connectivity index (χ1v) is 9.12. The third kappa shape index (κ3) is 3.91. The van der Waals surface area contributed by atoms with Gasteiger partial charge < -0.3 is 19.1 Å². The molecule has 6 nitrogen and oxygen atoms in total. The number of methoxy groups -OCH3 is 1. The molecule has 0 saturated carbocycles. The van der Waals surface area contributed by atoms with Crippen molar-refractivity contribution in [2.45, 2.75) is 19.5 Å². The topological polar surface area (TPSA) is 54.8 Å². The van der Waals surface area contributed by atoms with Crippen LogP contribution in [-0.4, -0.2) is 59.5 Å². The summed E-state index contributed by atoms with van der Waals surface area (Å²) < 4.78 is 34.8. The van der Waals surface area contributed by atoms with Crippen LogP contribution >= 0.6 is 0 Å². The lowest BCUT2D eigenvalue weighted by molar-refractivity contribution is -0.143. The molecule has 1 aromatic carbocycles. The van der Waals surface area contributed by atoms with Crippen LogP contribution in [-0.2, 0) is 20.9 Å². The van der Waals surface area contributed by atoms with Crippen LogP contribution in [0.2, 0.25) is 0 Å². The minimum Gasteiger partial charge on any atom is -0.375 e. The number of hydrogen-bond acceptors (Lipinski definition) is 3. The summed E-state index contributed by atoms with van der Waals surface area (Å²) >= 11 is 0. The molecule has 2 heterocycles. The number of fused-ring (bicyclic) bond motifs is 1. The minimum atomic E-state index is -0.708. The van der Waals surface area contributed by atoms with Gasteiger partial charge in [-0.15, -0.1) is 0 Å². The Hall–Kier alpha value is -2.74. The Bertz CT molecular complexity index is 868. The fourth-order valence-corrected chi connectivity index (χ4v) is 3.55. The minimum absolute atomic E-state index is 0.111. The third-order valence-corrected chi connectivity index (χ3v) is 4.94. The molecule has 1 unspecified atom stereocenters. The van der Waals surface area contributed by atoms with Crippen molar-refractivity contribution in [2.75, 3.05) is 33.4 Å². The summed E-state index contributed by atoms with van der Waals surface area (Å²) in [6, 6.07) is 6.34. The molecule has 28 heavy (non-hydrogen) atoms. The number of halogens is 2. The molecule has 0 saturated heterocycles. The van der Waals surface area contributed by atoms with Gasteiger partial charge >= 0.3 is 0 Å². The van der Waals surface area contributed by atoms with E-state index in [1.807, 2.05) is 22.9 Å². The van der Waals surface area contributed by atoms with Gasteiger partial charge in [0.2, 0.25) is 11.8 Å². The van der Waals surface area contributed by atoms with Crippen LogP contribution in [0, 0.1) is 11.6 Å². The van der Waals surface area contributed by atoms with Crippen molar-refractivity contribution >= 4 is 11.8 Å². The zero-order valence-corrected chi connectivity index (χ0v) is 15.9. The monoisotopic (exact) mass is 391 g/mol. The summed E-state index contributed by atoms with van der Waals surface area (Å²) in [5.74, 6) is -1.97. The van der Waals surface area contributed by atoms with Crippen LogP contribution < -0.4 is 0 Å². The van der Waals surface area contributed by atoms with Crippen molar-refractivity contribution in [3.8, 4) is 0 Å². The second-order valence-corrected chi connectivity index (χ2v) is 6.62. The van der Waals surface area contributed by atoms with Crippen LogP contribution in [0.15, 0.2) is 36.5 Å². The molecule has 0 aliphatic carbocycles. The number of ether oxygens (including phenoxy) is 1. The summed E-state index contributed by atoms with van der Waals surface area (Å²) in [7, 11) is 1.42. The molecule has 1 aromatic heterocycles. The standard InChI is InChI=1S/C20H23F2N3O3/c1-3-23(19(27)13-28-2)12-18(26)25-10-9-24-8-4-5-17(24)20(25)15-7-6-14(21)11-16(15)22/h4-8,11,20H,3,9-10,12-13H2,1-2H3. The molecule has 0 radical (unpaired) electrons. The van der Waals surface area contributed by atoms with Gasteiger partial charge in [0.1, 0.15) is 24.3 Å². The largest absolute Gasteiger partial charge is 0.375 e. The highest BCUT2D eigenvalue weighted by Gasteiger charge is 2.34. The van der Waals surface area contributed by atoms with E-state index in [9.17, 15) is 18.4 Å². The Morgan fingerprint density at radius 1 is 1.25 bits per heavy atom. The van der Waals surface area contributed by atoms with Gasteiger partial charge in [0.05, 0.1) is 6.54 Å². The molecule has 8 heteroatoms. The van der Waals surface area contributed by atoms with Crippen LogP contribution in [0.1, 0.15) is 24.2 Å². The highest BCUT2D eigenvalue weighted by molar-refractivity contribution is 5.86. The molecule has 1 aliphatic rings. The summed E-state index contributed by atoms with van der Waals surface area (Å²) in [4.78, 5) is 28.1. The van der Waals surface area contributed by atoms with Crippen LogP contribution in [0.4, 0.5) is 8.78 Å². The van der Waals surface area contributed by atoms with E-state index in [0.717, 1.165) is 11.8 Å². The third-order valence-electron chi connectivity index (χ3n) is 4.94. The number of benzene rings is 1. The summed E-state index contributed by atoms with van der Waals surface area (Å²) in [5, 5.41) is 0. The number of rotatable bonds is 6. The van der Waals surface area contributed by atoms with E-state index >= 15 is 0 Å². The molecule has 0 bridgehead atoms. The van der Waals surface area contributed by atoms with Crippen molar-refractivity contribution in [2.24, 2.45) is 0 Å². The molecule has 0 fully saturated rings. The average molecular weight is 391 g/mol. The number of hydrogen-bond donors (Lipinski definition) is 0. The summed E-state index contributed by atoms with van der Waals surface area (Å²) in [6.45, 7) is 2.81. The first-order valence-electron chi connectivity index (χ1n) is 9.12. The lowest BCUT2D eigenvalue weighted by atomic mass is 9.99. The zero-order chi connectivity index (χ0) is 20.3. The second-order valence-electron chi connectivity index (χ2n) is 6.62. The van der Waals surface area contributed by atoms with Crippen molar-refractivity contribution in [1.29, 1.82) is 0 Å². The molecule has 1 aliphatic heterocycles. The van der Waals surface area contributed by atoms with E-state index in [1.165, 1.54) is 24.1 Å². The van der Waals surface area contributed by atoms with Crippen LogP contribution in [0.25, 0.3) is 0 Å². The molecule has 150 valence electrons. The van der Waals surface area contributed by atoms with Gasteiger partial charge in [0, 0.05) is 50.3 Å². The number of likely N-dealkylation sites (N-methyl/N-ethyl adjacent to an activating group) is 1. The van der Waals surface area contributed by atoms with Crippen LogP contribution in [0.5, 0.6) is 0 Å². The van der Waals surface area contributed by atoms with Gasteiger partial charge in [0.25, 0.3) is 0 Å². The van der Waals surface area contributed by atoms with Gasteiger partial charge in [-0.25, -0.2) is 8.78 Å². The fourth-order valence-electron chi connectivity index (χ4n) is 3.55. The van der Waals surface area contributed by atoms with E-state index in [4.69, 9.17) is 4.74 Å². The summed E-state index contributed by atoms with van der Waals surface area (Å²) in [6.07, 6.45) is 1.87. The fraction of sp³-hybridized carbons (Fsp3) is 0.400. The Morgan fingerprint density at radius 3 is 2.71 bits per heavy atom. The first kappa shape index (κ1) is 20.0. The normalized spacial score (nSPS) is 16.0. The van der Waals surface area contributed by atoms with E-state index in [1.54, 1.807) is 11.8 Å². The molecule has 1 atom stereocenters.